The van der Waals surface area contributed by atoms with Crippen LogP contribution in [0.2, 0.25) is 0 Å². The number of anilines is 1. The quantitative estimate of drug-likeness (QED) is 0.618. The Morgan fingerprint density at radius 3 is 2.79 bits per heavy atom. The zero-order valence-corrected chi connectivity index (χ0v) is 16.9. The molecule has 0 radical (unpaired) electrons. The van der Waals surface area contributed by atoms with E-state index in [0.717, 1.165) is 34.5 Å². The lowest BCUT2D eigenvalue weighted by atomic mass is 9.95. The van der Waals surface area contributed by atoms with E-state index in [1.54, 1.807) is 0 Å². The minimum atomic E-state index is -0.358. The minimum absolute atomic E-state index is 0.319. The second-order valence-electron chi connectivity index (χ2n) is 7.00. The van der Waals surface area contributed by atoms with Gasteiger partial charge in [-0.2, -0.15) is 0 Å². The third kappa shape index (κ3) is 3.46. The number of allylic oxidation sites excluding steroid dienone is 1. The maximum atomic E-state index is 12.9. The molecule has 1 atom stereocenters. The van der Waals surface area contributed by atoms with Gasteiger partial charge in [-0.05, 0) is 50.1 Å². The van der Waals surface area contributed by atoms with Gasteiger partial charge in [0.2, 0.25) is 5.95 Å². The van der Waals surface area contributed by atoms with Crippen LogP contribution in [0.3, 0.4) is 0 Å². The Labute approximate surface area is 170 Å². The minimum Gasteiger partial charge on any atom is -0.494 e. The van der Waals surface area contributed by atoms with Crippen molar-refractivity contribution in [2.75, 3.05) is 18.5 Å². The lowest BCUT2D eigenvalue weighted by Crippen LogP contribution is -2.29. The highest BCUT2D eigenvalue weighted by Crippen LogP contribution is 2.40. The van der Waals surface area contributed by atoms with Crippen LogP contribution in [0.25, 0.3) is 11.0 Å². The number of esters is 1. The second-order valence-corrected chi connectivity index (χ2v) is 7.00. The van der Waals surface area contributed by atoms with Crippen molar-refractivity contribution in [1.29, 1.82) is 0 Å². The van der Waals surface area contributed by atoms with Crippen LogP contribution in [0.1, 0.15) is 38.8 Å². The van der Waals surface area contributed by atoms with Gasteiger partial charge in [0.25, 0.3) is 0 Å². The Bertz CT molecular complexity index is 1080. The molecule has 3 aromatic rings. The fraction of sp³-hybridized carbons (Fsp3) is 0.304. The van der Waals surface area contributed by atoms with Crippen molar-refractivity contribution in [2.45, 2.75) is 33.2 Å². The van der Waals surface area contributed by atoms with Crippen molar-refractivity contribution >= 4 is 23.0 Å². The number of ether oxygens (including phenoxy) is 2. The fourth-order valence-corrected chi connectivity index (χ4v) is 3.75. The number of carbonyl (C=O) groups excluding carboxylic acids is 1. The zero-order chi connectivity index (χ0) is 20.4. The summed E-state index contributed by atoms with van der Waals surface area (Å²) in [6.45, 7) is 6.75. The van der Waals surface area contributed by atoms with Crippen molar-refractivity contribution in [3.8, 4) is 5.75 Å². The van der Waals surface area contributed by atoms with E-state index in [9.17, 15) is 4.79 Å². The van der Waals surface area contributed by atoms with Crippen LogP contribution < -0.4 is 10.1 Å². The van der Waals surface area contributed by atoms with Crippen molar-refractivity contribution in [2.24, 2.45) is 0 Å². The van der Waals surface area contributed by atoms with Crippen molar-refractivity contribution < 1.29 is 14.3 Å². The first kappa shape index (κ1) is 19.1. The predicted octanol–water partition coefficient (Wildman–Crippen LogP) is 4.68. The first-order chi connectivity index (χ1) is 14.1. The van der Waals surface area contributed by atoms with Crippen molar-refractivity contribution in [1.82, 2.24) is 9.55 Å². The van der Waals surface area contributed by atoms with Crippen LogP contribution in [-0.2, 0) is 9.53 Å². The van der Waals surface area contributed by atoms with Crippen LogP contribution in [-0.4, -0.2) is 28.7 Å². The molecule has 1 aromatic heterocycles. The van der Waals surface area contributed by atoms with E-state index in [1.165, 1.54) is 0 Å². The molecule has 2 aromatic carbocycles. The third-order valence-corrected chi connectivity index (χ3v) is 4.97. The molecule has 4 rings (SSSR count). The molecule has 0 spiro atoms. The molecule has 1 N–H and O–H groups in total. The summed E-state index contributed by atoms with van der Waals surface area (Å²) in [4.78, 5) is 17.7. The number of nitrogens with zero attached hydrogens (tertiary/aromatic N) is 2. The van der Waals surface area contributed by atoms with Gasteiger partial charge < -0.3 is 14.8 Å². The number of aromatic nitrogens is 2. The van der Waals surface area contributed by atoms with E-state index in [-0.39, 0.29) is 12.0 Å². The van der Waals surface area contributed by atoms with E-state index < -0.39 is 0 Å². The van der Waals surface area contributed by atoms with Crippen LogP contribution in [0.4, 0.5) is 5.95 Å². The number of nitrogens with one attached hydrogen (secondary N) is 1. The SMILES string of the molecule is CCCOc1cccc([C@@H]2C(C(=O)OCC)=C(C)Nc3nc4ccccc4n32)c1. The molecular formula is C23H25N3O3. The molecule has 1 aliphatic heterocycles. The van der Waals surface area contributed by atoms with E-state index in [2.05, 4.69) is 16.8 Å². The van der Waals surface area contributed by atoms with Gasteiger partial charge in [-0.3, -0.25) is 4.57 Å². The Morgan fingerprint density at radius 1 is 1.17 bits per heavy atom. The highest BCUT2D eigenvalue weighted by Gasteiger charge is 2.35. The van der Waals surface area contributed by atoms with Gasteiger partial charge >= 0.3 is 5.97 Å². The van der Waals surface area contributed by atoms with E-state index in [0.29, 0.717) is 24.7 Å². The van der Waals surface area contributed by atoms with Crippen LogP contribution in [0.5, 0.6) is 5.75 Å². The maximum absolute atomic E-state index is 12.9. The van der Waals surface area contributed by atoms with Gasteiger partial charge in [0.05, 0.1) is 35.9 Å². The van der Waals surface area contributed by atoms with E-state index >= 15 is 0 Å². The summed E-state index contributed by atoms with van der Waals surface area (Å²) in [5.74, 6) is 1.17. The molecule has 0 saturated heterocycles. The van der Waals surface area contributed by atoms with Crippen LogP contribution in [0.15, 0.2) is 59.8 Å². The summed E-state index contributed by atoms with van der Waals surface area (Å²) < 4.78 is 13.3. The molecule has 6 heteroatoms. The first-order valence-electron chi connectivity index (χ1n) is 9.98. The highest BCUT2D eigenvalue weighted by atomic mass is 16.5. The lowest BCUT2D eigenvalue weighted by molar-refractivity contribution is -0.139. The third-order valence-electron chi connectivity index (χ3n) is 4.97. The molecule has 1 aliphatic rings. The maximum Gasteiger partial charge on any atom is 0.338 e. The van der Waals surface area contributed by atoms with Gasteiger partial charge in [-0.15, -0.1) is 0 Å². The largest absolute Gasteiger partial charge is 0.494 e. The monoisotopic (exact) mass is 391 g/mol. The van der Waals surface area contributed by atoms with Crippen LogP contribution in [0, 0.1) is 0 Å². The number of carbonyl (C=O) groups is 1. The molecule has 0 bridgehead atoms. The number of hydrogen-bond donors (Lipinski definition) is 1. The van der Waals surface area contributed by atoms with Crippen LogP contribution >= 0.6 is 0 Å². The number of benzene rings is 2. The number of imidazole rings is 1. The normalized spacial score (nSPS) is 15.8. The number of para-hydroxylation sites is 2. The summed E-state index contributed by atoms with van der Waals surface area (Å²) in [5, 5.41) is 3.29. The summed E-state index contributed by atoms with van der Waals surface area (Å²) >= 11 is 0. The molecule has 29 heavy (non-hydrogen) atoms. The fourth-order valence-electron chi connectivity index (χ4n) is 3.75. The summed E-state index contributed by atoms with van der Waals surface area (Å²) in [6.07, 6.45) is 0.932. The Hall–Kier alpha value is -3.28. The molecule has 0 unspecified atom stereocenters. The lowest BCUT2D eigenvalue weighted by Gasteiger charge is -2.30. The van der Waals surface area contributed by atoms with Gasteiger partial charge in [-0.25, -0.2) is 9.78 Å². The summed E-state index contributed by atoms with van der Waals surface area (Å²) in [6, 6.07) is 15.5. The second kappa shape index (κ2) is 7.99. The molecule has 0 aliphatic carbocycles. The molecular weight excluding hydrogens is 366 g/mol. The van der Waals surface area contributed by atoms with Crippen molar-refractivity contribution in [3.05, 3.63) is 65.4 Å². The molecule has 0 amide bonds. The summed E-state index contributed by atoms with van der Waals surface area (Å²) in [5.41, 5.74) is 4.10. The van der Waals surface area contributed by atoms with Crippen molar-refractivity contribution in [3.63, 3.8) is 0 Å². The Balaban J connectivity index is 1.90. The smallest absolute Gasteiger partial charge is 0.338 e. The van der Waals surface area contributed by atoms with E-state index in [1.807, 2.05) is 62.4 Å². The Morgan fingerprint density at radius 2 is 2.00 bits per heavy atom. The van der Waals surface area contributed by atoms with E-state index in [4.69, 9.17) is 14.5 Å². The molecule has 150 valence electrons. The number of fused-ring (bicyclic) bond motifs is 3. The van der Waals surface area contributed by atoms with Gasteiger partial charge in [0.15, 0.2) is 0 Å². The van der Waals surface area contributed by atoms with Gasteiger partial charge in [0, 0.05) is 5.70 Å². The zero-order valence-electron chi connectivity index (χ0n) is 16.9. The molecule has 0 saturated carbocycles. The van der Waals surface area contributed by atoms with Gasteiger partial charge in [-0.1, -0.05) is 31.2 Å². The topological polar surface area (TPSA) is 65.4 Å². The molecule has 6 nitrogen and oxygen atoms in total. The molecule has 0 fully saturated rings. The molecule has 2 heterocycles. The highest BCUT2D eigenvalue weighted by molar-refractivity contribution is 5.94. The average Bonchev–Trinajstić information content (AvgIpc) is 3.09. The average molecular weight is 391 g/mol. The standard InChI is InChI=1S/C23H25N3O3/c1-4-13-29-17-10-8-9-16(14-17)21-20(22(27)28-5-2)15(3)24-23-25-18-11-6-7-12-19(18)26(21)23/h6-12,14,21H,4-5,13H2,1-3H3,(H,24,25)/t21-/m1/s1. The Kier molecular flexibility index (Phi) is 5.25. The number of rotatable bonds is 6. The first-order valence-corrected chi connectivity index (χ1v) is 9.98. The summed E-state index contributed by atoms with van der Waals surface area (Å²) in [7, 11) is 0. The predicted molar refractivity (Wildman–Crippen MR) is 113 cm³/mol. The number of hydrogen-bond acceptors (Lipinski definition) is 5. The van der Waals surface area contributed by atoms with Gasteiger partial charge in [0.1, 0.15) is 5.75 Å².